The van der Waals surface area contributed by atoms with Gasteiger partial charge in [0.2, 0.25) is 0 Å². The molecule has 1 aromatic carbocycles. The maximum absolute atomic E-state index is 13.3. The molecule has 1 aliphatic heterocycles. The summed E-state index contributed by atoms with van der Waals surface area (Å²) in [6, 6.07) is 7.27. The van der Waals surface area contributed by atoms with Crippen LogP contribution in [0.15, 0.2) is 30.3 Å². The van der Waals surface area contributed by atoms with Crippen LogP contribution in [0.3, 0.4) is 0 Å². The number of pyridine rings is 1. The monoisotopic (exact) mass is 377 g/mol. The lowest BCUT2D eigenvalue weighted by atomic mass is 10.0. The van der Waals surface area contributed by atoms with Crippen molar-refractivity contribution in [2.24, 2.45) is 0 Å². The molecule has 1 amide bonds. The van der Waals surface area contributed by atoms with Gasteiger partial charge in [0.05, 0.1) is 16.6 Å². The normalized spacial score (nSPS) is 14.9. The summed E-state index contributed by atoms with van der Waals surface area (Å²) in [6.45, 7) is 1.28. The Morgan fingerprint density at radius 2 is 1.93 bits per heavy atom. The maximum Gasteiger partial charge on any atom is 0.435 e. The van der Waals surface area contributed by atoms with Crippen LogP contribution in [0.4, 0.5) is 13.2 Å². The molecule has 3 heterocycles. The van der Waals surface area contributed by atoms with E-state index in [0.717, 1.165) is 6.42 Å². The zero-order chi connectivity index (χ0) is 19.2. The topological polar surface area (TPSA) is 94.1 Å². The number of benzene rings is 1. The first-order chi connectivity index (χ1) is 12.8. The highest BCUT2D eigenvalue weighted by Gasteiger charge is 2.38. The molecule has 2 aromatic heterocycles. The van der Waals surface area contributed by atoms with Gasteiger partial charge in [-0.2, -0.15) is 18.3 Å². The highest BCUT2D eigenvalue weighted by Crippen LogP contribution is 2.35. The number of hydrogen-bond acceptors (Lipinski definition) is 5. The van der Waals surface area contributed by atoms with Gasteiger partial charge in [-0.1, -0.05) is 0 Å². The molecule has 3 N–H and O–H groups in total. The fourth-order valence-corrected chi connectivity index (χ4v) is 2.83. The molecule has 1 aliphatic rings. The zero-order valence-corrected chi connectivity index (χ0v) is 13.8. The molecule has 1 saturated heterocycles. The van der Waals surface area contributed by atoms with Gasteiger partial charge in [0.25, 0.3) is 5.91 Å². The molecule has 0 saturated carbocycles. The lowest BCUT2D eigenvalue weighted by Gasteiger charge is -2.30. The van der Waals surface area contributed by atoms with Crippen LogP contribution in [0.5, 0.6) is 5.75 Å². The number of halogens is 3. The van der Waals surface area contributed by atoms with Gasteiger partial charge in [-0.15, -0.1) is 0 Å². The lowest BCUT2D eigenvalue weighted by molar-refractivity contribution is -0.139. The Bertz CT molecular complexity index is 1010. The molecule has 140 valence electrons. The number of aromatic amines is 1. The van der Waals surface area contributed by atoms with Crippen molar-refractivity contribution >= 4 is 16.9 Å². The third-order valence-corrected chi connectivity index (χ3v) is 4.32. The number of aromatic hydroxyl groups is 1. The average Bonchev–Trinajstić information content (AvgIpc) is 3.02. The van der Waals surface area contributed by atoms with Gasteiger partial charge in [0, 0.05) is 18.7 Å². The summed E-state index contributed by atoms with van der Waals surface area (Å²) < 4.78 is 40.0. The zero-order valence-electron chi connectivity index (χ0n) is 13.8. The van der Waals surface area contributed by atoms with Crippen molar-refractivity contribution in [3.8, 4) is 17.0 Å². The van der Waals surface area contributed by atoms with E-state index in [1.54, 1.807) is 17.1 Å². The Morgan fingerprint density at radius 3 is 2.52 bits per heavy atom. The summed E-state index contributed by atoms with van der Waals surface area (Å²) in [5.41, 5.74) is 1.93. The van der Waals surface area contributed by atoms with E-state index in [1.807, 2.05) is 0 Å². The van der Waals surface area contributed by atoms with Gasteiger partial charge < -0.3 is 5.11 Å². The van der Waals surface area contributed by atoms with Crippen LogP contribution in [0, 0.1) is 0 Å². The number of phenols is 1. The summed E-state index contributed by atoms with van der Waals surface area (Å²) in [5, 5.41) is 16.3. The Balaban J connectivity index is 1.87. The van der Waals surface area contributed by atoms with Crippen LogP contribution in [-0.2, 0) is 6.18 Å². The average molecular weight is 377 g/mol. The highest BCUT2D eigenvalue weighted by atomic mass is 19.4. The Hall–Kier alpha value is -3.14. The Morgan fingerprint density at radius 1 is 1.22 bits per heavy atom. The minimum absolute atomic E-state index is 0.0384. The molecule has 3 aromatic rings. The predicted octanol–water partition coefficient (Wildman–Crippen LogP) is 2.70. The maximum atomic E-state index is 13.3. The number of rotatable bonds is 3. The second-order valence-electron chi connectivity index (χ2n) is 6.18. The molecule has 1 fully saturated rings. The molecule has 0 aliphatic carbocycles. The number of aromatic nitrogens is 3. The van der Waals surface area contributed by atoms with Gasteiger partial charge in [-0.25, -0.2) is 9.99 Å². The quantitative estimate of drug-likeness (QED) is 0.653. The van der Waals surface area contributed by atoms with Crippen LogP contribution in [0.1, 0.15) is 22.5 Å². The second kappa shape index (κ2) is 6.23. The number of carbonyl (C=O) groups is 1. The van der Waals surface area contributed by atoms with E-state index in [-0.39, 0.29) is 28.0 Å². The SMILES string of the molecule is O=C(NN1CCC1)c1cc(-c2ccc(O)cc2)nc2[nH]nc(C(F)(F)F)c12. The number of fused-ring (bicyclic) bond motifs is 1. The van der Waals surface area contributed by atoms with Crippen molar-refractivity contribution in [1.82, 2.24) is 25.6 Å². The predicted molar refractivity (Wildman–Crippen MR) is 89.6 cm³/mol. The number of nitrogens with one attached hydrogen (secondary N) is 2. The lowest BCUT2D eigenvalue weighted by Crippen LogP contribution is -2.50. The fourth-order valence-electron chi connectivity index (χ4n) is 2.83. The molecule has 0 spiro atoms. The van der Waals surface area contributed by atoms with E-state index in [4.69, 9.17) is 0 Å². The van der Waals surface area contributed by atoms with Crippen LogP contribution < -0.4 is 5.43 Å². The minimum Gasteiger partial charge on any atom is -0.508 e. The molecule has 0 radical (unpaired) electrons. The van der Waals surface area contributed by atoms with Crippen molar-refractivity contribution in [3.63, 3.8) is 0 Å². The summed E-state index contributed by atoms with van der Waals surface area (Å²) in [6.07, 6.45) is -3.82. The Kier molecular flexibility index (Phi) is 3.99. The number of hydrazine groups is 1. The van der Waals surface area contributed by atoms with E-state index in [2.05, 4.69) is 20.6 Å². The molecule has 0 atom stereocenters. The molecule has 27 heavy (non-hydrogen) atoms. The molecule has 4 rings (SSSR count). The molecular formula is C17H14F3N5O2. The molecular weight excluding hydrogens is 363 g/mol. The largest absolute Gasteiger partial charge is 0.508 e. The van der Waals surface area contributed by atoms with Gasteiger partial charge in [-0.05, 0) is 36.8 Å². The van der Waals surface area contributed by atoms with Crippen LogP contribution >= 0.6 is 0 Å². The highest BCUT2D eigenvalue weighted by molar-refractivity contribution is 6.07. The van der Waals surface area contributed by atoms with Crippen molar-refractivity contribution in [1.29, 1.82) is 0 Å². The van der Waals surface area contributed by atoms with E-state index < -0.39 is 17.8 Å². The Labute approximate surface area is 150 Å². The van der Waals surface area contributed by atoms with Crippen molar-refractivity contribution < 1.29 is 23.1 Å². The first-order valence-corrected chi connectivity index (χ1v) is 8.14. The first kappa shape index (κ1) is 17.3. The third kappa shape index (κ3) is 3.19. The fraction of sp³-hybridized carbons (Fsp3) is 0.235. The number of hydrogen-bond donors (Lipinski definition) is 3. The van der Waals surface area contributed by atoms with Crippen LogP contribution in [0.2, 0.25) is 0 Å². The molecule has 7 nitrogen and oxygen atoms in total. The number of nitrogens with zero attached hydrogens (tertiary/aromatic N) is 3. The minimum atomic E-state index is -4.73. The van der Waals surface area contributed by atoms with Crippen LogP contribution in [0.25, 0.3) is 22.3 Å². The smallest absolute Gasteiger partial charge is 0.435 e. The van der Waals surface area contributed by atoms with E-state index in [1.165, 1.54) is 18.2 Å². The summed E-state index contributed by atoms with van der Waals surface area (Å²) >= 11 is 0. The second-order valence-corrected chi connectivity index (χ2v) is 6.18. The van der Waals surface area contributed by atoms with E-state index in [0.29, 0.717) is 18.7 Å². The van der Waals surface area contributed by atoms with E-state index >= 15 is 0 Å². The third-order valence-electron chi connectivity index (χ3n) is 4.32. The van der Waals surface area contributed by atoms with Crippen molar-refractivity contribution in [2.45, 2.75) is 12.6 Å². The van der Waals surface area contributed by atoms with Crippen molar-refractivity contribution in [2.75, 3.05) is 13.1 Å². The van der Waals surface area contributed by atoms with Gasteiger partial charge in [-0.3, -0.25) is 15.3 Å². The van der Waals surface area contributed by atoms with E-state index in [9.17, 15) is 23.1 Å². The molecule has 0 unspecified atom stereocenters. The number of phenolic OH excluding ortho intramolecular Hbond substituents is 1. The van der Waals surface area contributed by atoms with Gasteiger partial charge in [0.15, 0.2) is 11.3 Å². The summed E-state index contributed by atoms with van der Waals surface area (Å²) in [4.78, 5) is 16.8. The standard InChI is InChI=1S/C17H14F3N5O2/c18-17(19,20)14-13-11(16(27)24-25-6-1-7-25)8-12(21-15(13)23-22-14)9-2-4-10(26)5-3-9/h2-5,8,26H,1,6-7H2,(H,24,27)(H,21,22,23). The number of alkyl halides is 3. The number of amides is 1. The number of H-pyrrole nitrogens is 1. The molecule has 0 bridgehead atoms. The van der Waals surface area contributed by atoms with Gasteiger partial charge >= 0.3 is 6.18 Å². The van der Waals surface area contributed by atoms with Gasteiger partial charge in [0.1, 0.15) is 5.75 Å². The first-order valence-electron chi connectivity index (χ1n) is 8.14. The number of carbonyl (C=O) groups excluding carboxylic acids is 1. The summed E-state index contributed by atoms with van der Waals surface area (Å²) in [5.74, 6) is -0.620. The summed E-state index contributed by atoms with van der Waals surface area (Å²) in [7, 11) is 0. The molecule has 10 heteroatoms. The van der Waals surface area contributed by atoms with Crippen LogP contribution in [-0.4, -0.2) is 44.3 Å². The van der Waals surface area contributed by atoms with Crippen molar-refractivity contribution in [3.05, 3.63) is 41.6 Å².